The predicted molar refractivity (Wildman–Crippen MR) is 54.9 cm³/mol. The second-order valence-corrected chi connectivity index (χ2v) is 3.37. The number of benzene rings is 1. The third-order valence-electron chi connectivity index (χ3n) is 2.17. The first kappa shape index (κ1) is 13.5. The highest BCUT2D eigenvalue weighted by atomic mass is 19.3. The molecule has 1 rings (SSSR count). The summed E-state index contributed by atoms with van der Waals surface area (Å²) in [6.45, 7) is 1.25. The largest absolute Gasteiger partial charge is 0.462 e. The molecule has 0 aliphatic carbocycles. The van der Waals surface area contributed by atoms with Gasteiger partial charge in [0.15, 0.2) is 0 Å². The SMILES string of the molecule is CCOC(=O)C(F)(F)C(N)c1ccc(F)cc1. The van der Waals surface area contributed by atoms with Crippen LogP contribution in [0.1, 0.15) is 18.5 Å². The van der Waals surface area contributed by atoms with Gasteiger partial charge in [-0.1, -0.05) is 12.1 Å². The highest BCUT2D eigenvalue weighted by Crippen LogP contribution is 2.30. The summed E-state index contributed by atoms with van der Waals surface area (Å²) in [6, 6.07) is 2.34. The molecule has 1 aromatic carbocycles. The van der Waals surface area contributed by atoms with Gasteiger partial charge in [0.25, 0.3) is 0 Å². The Bertz CT molecular complexity index is 392. The van der Waals surface area contributed by atoms with Gasteiger partial charge in [-0.25, -0.2) is 9.18 Å². The Kier molecular flexibility index (Phi) is 4.11. The number of esters is 1. The van der Waals surface area contributed by atoms with E-state index in [-0.39, 0.29) is 12.2 Å². The minimum absolute atomic E-state index is 0.0375. The first-order valence-electron chi connectivity index (χ1n) is 4.95. The van der Waals surface area contributed by atoms with Gasteiger partial charge >= 0.3 is 11.9 Å². The molecule has 1 atom stereocenters. The molecule has 0 aliphatic heterocycles. The standard InChI is InChI=1S/C11H12F3NO2/c1-2-17-10(16)11(13,14)9(15)7-3-5-8(12)6-4-7/h3-6,9H,2,15H2,1H3. The summed E-state index contributed by atoms with van der Waals surface area (Å²) >= 11 is 0. The smallest absolute Gasteiger partial charge is 0.379 e. The summed E-state index contributed by atoms with van der Waals surface area (Å²) in [5, 5.41) is 0. The lowest BCUT2D eigenvalue weighted by molar-refractivity contribution is -0.174. The zero-order valence-electron chi connectivity index (χ0n) is 9.12. The summed E-state index contributed by atoms with van der Waals surface area (Å²) in [6.07, 6.45) is 0. The highest BCUT2D eigenvalue weighted by Gasteiger charge is 2.47. The first-order chi connectivity index (χ1) is 7.89. The van der Waals surface area contributed by atoms with Crippen LogP contribution in [0.15, 0.2) is 24.3 Å². The van der Waals surface area contributed by atoms with Crippen molar-refractivity contribution in [3.63, 3.8) is 0 Å². The topological polar surface area (TPSA) is 52.3 Å². The monoisotopic (exact) mass is 247 g/mol. The lowest BCUT2D eigenvalue weighted by Gasteiger charge is -2.21. The summed E-state index contributed by atoms with van der Waals surface area (Å²) in [5.74, 6) is -6.09. The Morgan fingerprint density at radius 1 is 1.41 bits per heavy atom. The van der Waals surface area contributed by atoms with E-state index in [0.29, 0.717) is 0 Å². The van der Waals surface area contributed by atoms with E-state index >= 15 is 0 Å². The van der Waals surface area contributed by atoms with Gasteiger partial charge in [-0.3, -0.25) is 0 Å². The van der Waals surface area contributed by atoms with Crippen LogP contribution in [0.3, 0.4) is 0 Å². The van der Waals surface area contributed by atoms with Gasteiger partial charge in [-0.05, 0) is 24.6 Å². The zero-order chi connectivity index (χ0) is 13.1. The van der Waals surface area contributed by atoms with Crippen LogP contribution in [0.2, 0.25) is 0 Å². The number of halogens is 3. The third-order valence-corrected chi connectivity index (χ3v) is 2.17. The number of alkyl halides is 2. The van der Waals surface area contributed by atoms with E-state index in [2.05, 4.69) is 4.74 Å². The van der Waals surface area contributed by atoms with E-state index in [9.17, 15) is 18.0 Å². The van der Waals surface area contributed by atoms with Crippen molar-refractivity contribution < 1.29 is 22.7 Å². The van der Waals surface area contributed by atoms with Gasteiger partial charge < -0.3 is 10.5 Å². The van der Waals surface area contributed by atoms with E-state index in [4.69, 9.17) is 5.73 Å². The Balaban J connectivity index is 2.91. The molecule has 1 unspecified atom stereocenters. The normalized spacial score (nSPS) is 13.2. The molecule has 0 aliphatic rings. The predicted octanol–water partition coefficient (Wildman–Crippen LogP) is 2.02. The summed E-state index contributed by atoms with van der Waals surface area (Å²) in [5.41, 5.74) is 5.24. The van der Waals surface area contributed by atoms with Crippen molar-refractivity contribution in [2.45, 2.75) is 18.9 Å². The number of hydrogen-bond acceptors (Lipinski definition) is 3. The lowest BCUT2D eigenvalue weighted by atomic mass is 10.0. The molecule has 0 bridgehead atoms. The molecule has 17 heavy (non-hydrogen) atoms. The molecule has 6 heteroatoms. The Morgan fingerprint density at radius 3 is 2.41 bits per heavy atom. The number of nitrogens with two attached hydrogens (primary N) is 1. The van der Waals surface area contributed by atoms with Crippen LogP contribution in [0, 0.1) is 5.82 Å². The van der Waals surface area contributed by atoms with Crippen LogP contribution in [0.25, 0.3) is 0 Å². The quantitative estimate of drug-likeness (QED) is 0.828. The van der Waals surface area contributed by atoms with Crippen molar-refractivity contribution in [2.24, 2.45) is 5.73 Å². The molecule has 0 heterocycles. The van der Waals surface area contributed by atoms with Crippen molar-refractivity contribution in [1.29, 1.82) is 0 Å². The van der Waals surface area contributed by atoms with Crippen molar-refractivity contribution in [3.8, 4) is 0 Å². The summed E-state index contributed by atoms with van der Waals surface area (Å²) in [4.78, 5) is 11.0. The third kappa shape index (κ3) is 2.97. The molecular weight excluding hydrogens is 235 g/mol. The molecule has 0 fully saturated rings. The molecule has 3 nitrogen and oxygen atoms in total. The molecule has 0 radical (unpaired) electrons. The van der Waals surface area contributed by atoms with Crippen molar-refractivity contribution in [2.75, 3.05) is 6.61 Å². The average molecular weight is 247 g/mol. The van der Waals surface area contributed by atoms with Gasteiger partial charge in [0.05, 0.1) is 6.61 Å². The summed E-state index contributed by atoms with van der Waals surface area (Å²) < 4.78 is 43.8. The number of rotatable bonds is 4. The minimum Gasteiger partial charge on any atom is -0.462 e. The second-order valence-electron chi connectivity index (χ2n) is 3.37. The maximum absolute atomic E-state index is 13.5. The van der Waals surface area contributed by atoms with E-state index < -0.39 is 23.8 Å². The Labute approximate surface area is 96.4 Å². The van der Waals surface area contributed by atoms with Crippen LogP contribution >= 0.6 is 0 Å². The van der Waals surface area contributed by atoms with Gasteiger partial charge in [0.2, 0.25) is 0 Å². The first-order valence-corrected chi connectivity index (χ1v) is 4.95. The van der Waals surface area contributed by atoms with E-state index in [0.717, 1.165) is 24.3 Å². The maximum atomic E-state index is 13.5. The average Bonchev–Trinajstić information content (AvgIpc) is 2.29. The highest BCUT2D eigenvalue weighted by molar-refractivity contribution is 5.78. The fraction of sp³-hybridized carbons (Fsp3) is 0.364. The van der Waals surface area contributed by atoms with Crippen molar-refractivity contribution in [3.05, 3.63) is 35.6 Å². The van der Waals surface area contributed by atoms with Crippen LogP contribution in [-0.4, -0.2) is 18.5 Å². The van der Waals surface area contributed by atoms with Gasteiger partial charge in [0, 0.05) is 0 Å². The van der Waals surface area contributed by atoms with Crippen molar-refractivity contribution in [1.82, 2.24) is 0 Å². The van der Waals surface area contributed by atoms with E-state index in [1.165, 1.54) is 6.92 Å². The molecule has 94 valence electrons. The molecule has 0 aromatic heterocycles. The van der Waals surface area contributed by atoms with Crippen LogP contribution < -0.4 is 5.73 Å². The fourth-order valence-electron chi connectivity index (χ4n) is 1.23. The number of carbonyl (C=O) groups is 1. The molecule has 0 saturated carbocycles. The van der Waals surface area contributed by atoms with Crippen molar-refractivity contribution >= 4 is 5.97 Å². The van der Waals surface area contributed by atoms with Crippen LogP contribution in [0.5, 0.6) is 0 Å². The minimum atomic E-state index is -3.84. The number of ether oxygens (including phenoxy) is 1. The Hall–Kier alpha value is -1.56. The fourth-order valence-corrected chi connectivity index (χ4v) is 1.23. The summed E-state index contributed by atoms with van der Waals surface area (Å²) in [7, 11) is 0. The van der Waals surface area contributed by atoms with Gasteiger partial charge in [-0.2, -0.15) is 8.78 Å². The lowest BCUT2D eigenvalue weighted by Crippen LogP contribution is -2.41. The van der Waals surface area contributed by atoms with Gasteiger partial charge in [0.1, 0.15) is 11.9 Å². The maximum Gasteiger partial charge on any atom is 0.379 e. The second kappa shape index (κ2) is 5.18. The van der Waals surface area contributed by atoms with Crippen LogP contribution in [-0.2, 0) is 9.53 Å². The molecule has 0 saturated heterocycles. The van der Waals surface area contributed by atoms with E-state index in [1.807, 2.05) is 0 Å². The van der Waals surface area contributed by atoms with Gasteiger partial charge in [-0.15, -0.1) is 0 Å². The molecular formula is C11H12F3NO2. The molecule has 2 N–H and O–H groups in total. The van der Waals surface area contributed by atoms with Crippen LogP contribution in [0.4, 0.5) is 13.2 Å². The number of hydrogen-bond donors (Lipinski definition) is 1. The van der Waals surface area contributed by atoms with E-state index in [1.54, 1.807) is 0 Å². The zero-order valence-corrected chi connectivity index (χ0v) is 9.12. The molecule has 0 spiro atoms. The Morgan fingerprint density at radius 2 is 1.94 bits per heavy atom. The molecule has 1 aromatic rings. The number of carbonyl (C=O) groups excluding carboxylic acids is 1. The molecule has 0 amide bonds.